The van der Waals surface area contributed by atoms with Gasteiger partial charge in [-0.25, -0.2) is 28.0 Å². The molecule has 1 saturated heterocycles. The first-order valence-electron chi connectivity index (χ1n) is 12.7. The van der Waals surface area contributed by atoms with Crippen molar-refractivity contribution in [3.63, 3.8) is 0 Å². The summed E-state index contributed by atoms with van der Waals surface area (Å²) in [7, 11) is 0. The molecule has 2 aromatic carbocycles. The van der Waals surface area contributed by atoms with Crippen molar-refractivity contribution >= 4 is 6.03 Å². The molecule has 1 aliphatic heterocycles. The Labute approximate surface area is 221 Å². The number of imidazole rings is 1. The average Bonchev–Trinajstić information content (AvgIpc) is 3.55. The summed E-state index contributed by atoms with van der Waals surface area (Å²) in [6.45, 7) is 6.34. The van der Waals surface area contributed by atoms with Gasteiger partial charge in [0, 0.05) is 24.8 Å². The van der Waals surface area contributed by atoms with Crippen LogP contribution in [0, 0.1) is 17.0 Å². The molecule has 0 unspecified atom stereocenters. The summed E-state index contributed by atoms with van der Waals surface area (Å²) < 4.78 is 45.5. The van der Waals surface area contributed by atoms with Crippen molar-refractivity contribution in [2.75, 3.05) is 26.2 Å². The molecule has 0 aliphatic carbocycles. The Morgan fingerprint density at radius 1 is 1.18 bits per heavy atom. The fourth-order valence-corrected chi connectivity index (χ4v) is 4.70. The van der Waals surface area contributed by atoms with E-state index < -0.39 is 35.3 Å². The predicted octanol–water partition coefficient (Wildman–Crippen LogP) is 5.32. The SMILES string of the molecule is CC(C)(C)[C@H](c1nc(-c2cc(F)ccc2F)cn1Cc1ccccc1)N(C[C@@H](F)CN)C(=O)N1CCCO1. The highest BCUT2D eigenvalue weighted by molar-refractivity contribution is 5.74. The van der Waals surface area contributed by atoms with Gasteiger partial charge in [-0.3, -0.25) is 4.84 Å². The maximum absolute atomic E-state index is 14.8. The molecule has 4 rings (SSSR count). The maximum atomic E-state index is 14.8. The van der Waals surface area contributed by atoms with Crippen LogP contribution in [-0.2, 0) is 11.4 Å². The minimum absolute atomic E-state index is 0.00296. The van der Waals surface area contributed by atoms with Crippen LogP contribution in [-0.4, -0.2) is 58.0 Å². The van der Waals surface area contributed by atoms with Crippen LogP contribution >= 0.6 is 0 Å². The maximum Gasteiger partial charge on any atom is 0.344 e. The number of benzene rings is 2. The van der Waals surface area contributed by atoms with Gasteiger partial charge in [-0.05, 0) is 35.6 Å². The number of carbonyl (C=O) groups is 1. The molecule has 0 bridgehead atoms. The second-order valence-electron chi connectivity index (χ2n) is 10.5. The summed E-state index contributed by atoms with van der Waals surface area (Å²) in [5, 5.41) is 1.24. The van der Waals surface area contributed by atoms with Crippen molar-refractivity contribution in [3.8, 4) is 11.3 Å². The van der Waals surface area contributed by atoms with E-state index in [-0.39, 0.29) is 24.3 Å². The summed E-state index contributed by atoms with van der Waals surface area (Å²) >= 11 is 0. The zero-order chi connectivity index (χ0) is 27.4. The third-order valence-corrected chi connectivity index (χ3v) is 6.45. The lowest BCUT2D eigenvalue weighted by Gasteiger charge is -2.41. The standard InChI is InChI=1S/C28H34F3N5O2/c1-28(2,3)25(35(17-21(30)15-32)27(37)36-12-7-13-38-36)26-33-24(22-14-20(29)10-11-23(22)31)18-34(26)16-19-8-5-4-6-9-19/h4-6,8-11,14,18,21,25H,7,12-13,15-17,32H2,1-3H3/t21-,25-/m0/s1. The molecule has 2 atom stereocenters. The van der Waals surface area contributed by atoms with E-state index in [9.17, 15) is 18.0 Å². The lowest BCUT2D eigenvalue weighted by Crippen LogP contribution is -2.50. The van der Waals surface area contributed by atoms with E-state index >= 15 is 0 Å². The quantitative estimate of drug-likeness (QED) is 0.429. The summed E-state index contributed by atoms with van der Waals surface area (Å²) in [4.78, 5) is 25.3. The molecule has 2 amide bonds. The molecule has 7 nitrogen and oxygen atoms in total. The monoisotopic (exact) mass is 529 g/mol. The van der Waals surface area contributed by atoms with E-state index in [2.05, 4.69) is 0 Å². The van der Waals surface area contributed by atoms with Crippen LogP contribution in [0.4, 0.5) is 18.0 Å². The number of aromatic nitrogens is 2. The Morgan fingerprint density at radius 3 is 2.55 bits per heavy atom. The van der Waals surface area contributed by atoms with Crippen molar-refractivity contribution in [1.29, 1.82) is 0 Å². The van der Waals surface area contributed by atoms with E-state index in [1.807, 2.05) is 55.7 Å². The van der Waals surface area contributed by atoms with E-state index in [0.717, 1.165) is 23.8 Å². The number of nitrogens with zero attached hydrogens (tertiary/aromatic N) is 4. The molecule has 2 N–H and O–H groups in total. The van der Waals surface area contributed by atoms with Gasteiger partial charge in [-0.15, -0.1) is 0 Å². The number of hydroxylamine groups is 2. The second kappa shape index (κ2) is 11.6. The molecule has 3 aromatic rings. The topological polar surface area (TPSA) is 76.6 Å². The third kappa shape index (κ3) is 6.19. The van der Waals surface area contributed by atoms with E-state index in [1.165, 1.54) is 9.96 Å². The Balaban J connectivity index is 1.88. The highest BCUT2D eigenvalue weighted by Crippen LogP contribution is 2.40. The van der Waals surface area contributed by atoms with Gasteiger partial charge in [0.05, 0.1) is 31.4 Å². The van der Waals surface area contributed by atoms with Crippen molar-refractivity contribution in [3.05, 3.63) is 77.8 Å². The van der Waals surface area contributed by atoms with Gasteiger partial charge in [0.25, 0.3) is 0 Å². The molecule has 1 fully saturated rings. The second-order valence-corrected chi connectivity index (χ2v) is 10.5. The zero-order valence-electron chi connectivity index (χ0n) is 21.9. The minimum Gasteiger partial charge on any atom is -0.328 e. The number of urea groups is 1. The van der Waals surface area contributed by atoms with Crippen LogP contribution in [0.5, 0.6) is 0 Å². The van der Waals surface area contributed by atoms with Gasteiger partial charge >= 0.3 is 6.03 Å². The van der Waals surface area contributed by atoms with Crippen LogP contribution in [0.1, 0.15) is 44.6 Å². The van der Waals surface area contributed by atoms with Crippen LogP contribution < -0.4 is 5.73 Å². The highest BCUT2D eigenvalue weighted by atomic mass is 19.1. The van der Waals surface area contributed by atoms with E-state index in [4.69, 9.17) is 15.6 Å². The van der Waals surface area contributed by atoms with Gasteiger partial charge in [-0.2, -0.15) is 0 Å². The van der Waals surface area contributed by atoms with Crippen molar-refractivity contribution in [2.24, 2.45) is 11.1 Å². The first-order chi connectivity index (χ1) is 18.1. The van der Waals surface area contributed by atoms with Gasteiger partial charge in [0.15, 0.2) is 0 Å². The fraction of sp³-hybridized carbons (Fsp3) is 0.429. The fourth-order valence-electron chi connectivity index (χ4n) is 4.70. The summed E-state index contributed by atoms with van der Waals surface area (Å²) in [6, 6.07) is 11.5. The molecule has 1 aliphatic rings. The number of carbonyl (C=O) groups excluding carboxylic acids is 1. The summed E-state index contributed by atoms with van der Waals surface area (Å²) in [6.07, 6.45) is 0.828. The Morgan fingerprint density at radius 2 is 1.92 bits per heavy atom. The van der Waals surface area contributed by atoms with Gasteiger partial charge < -0.3 is 15.2 Å². The molecule has 38 heavy (non-hydrogen) atoms. The number of rotatable bonds is 8. The number of alkyl halides is 1. The average molecular weight is 530 g/mol. The normalized spacial score (nSPS) is 15.5. The molecule has 10 heteroatoms. The summed E-state index contributed by atoms with van der Waals surface area (Å²) in [5.41, 5.74) is 6.12. The van der Waals surface area contributed by atoms with Crippen molar-refractivity contribution < 1.29 is 22.8 Å². The van der Waals surface area contributed by atoms with Crippen LogP contribution in [0.2, 0.25) is 0 Å². The Bertz CT molecular complexity index is 1240. The largest absolute Gasteiger partial charge is 0.344 e. The summed E-state index contributed by atoms with van der Waals surface area (Å²) in [5.74, 6) is -0.809. The van der Waals surface area contributed by atoms with Crippen molar-refractivity contribution in [2.45, 2.75) is 46.0 Å². The van der Waals surface area contributed by atoms with Gasteiger partial charge in [-0.1, -0.05) is 51.1 Å². The minimum atomic E-state index is -1.48. The molecule has 0 radical (unpaired) electrons. The number of hydrogen-bond donors (Lipinski definition) is 1. The van der Waals surface area contributed by atoms with Crippen LogP contribution in [0.3, 0.4) is 0 Å². The molecule has 1 aromatic heterocycles. The lowest BCUT2D eigenvalue weighted by molar-refractivity contribution is -0.0861. The molecular weight excluding hydrogens is 495 g/mol. The van der Waals surface area contributed by atoms with Gasteiger partial charge in [0.1, 0.15) is 23.6 Å². The molecule has 2 heterocycles. The molecule has 0 spiro atoms. The lowest BCUT2D eigenvalue weighted by atomic mass is 9.84. The number of nitrogens with two attached hydrogens (primary N) is 1. The predicted molar refractivity (Wildman–Crippen MR) is 139 cm³/mol. The van der Waals surface area contributed by atoms with E-state index in [0.29, 0.717) is 31.9 Å². The molecule has 204 valence electrons. The Hall–Kier alpha value is -3.37. The molecular formula is C28H34F3N5O2. The van der Waals surface area contributed by atoms with Crippen molar-refractivity contribution in [1.82, 2.24) is 19.5 Å². The number of hydrogen-bond acceptors (Lipinski definition) is 4. The number of amides is 2. The first kappa shape index (κ1) is 27.7. The highest BCUT2D eigenvalue weighted by Gasteiger charge is 2.41. The Kier molecular flexibility index (Phi) is 8.42. The van der Waals surface area contributed by atoms with Crippen LogP contribution in [0.25, 0.3) is 11.3 Å². The zero-order valence-corrected chi connectivity index (χ0v) is 21.9. The van der Waals surface area contributed by atoms with Gasteiger partial charge in [0.2, 0.25) is 0 Å². The first-order valence-corrected chi connectivity index (χ1v) is 12.7. The van der Waals surface area contributed by atoms with Crippen LogP contribution in [0.15, 0.2) is 54.7 Å². The molecule has 0 saturated carbocycles. The van der Waals surface area contributed by atoms with E-state index in [1.54, 1.807) is 6.20 Å². The smallest absolute Gasteiger partial charge is 0.328 e. The third-order valence-electron chi connectivity index (χ3n) is 6.45. The number of halogens is 3.